The van der Waals surface area contributed by atoms with Gasteiger partial charge in [0.05, 0.1) is 5.41 Å². The first-order valence-corrected chi connectivity index (χ1v) is 11.6. The Morgan fingerprint density at radius 2 is 1.50 bits per heavy atom. The third-order valence-electron chi connectivity index (χ3n) is 7.23. The van der Waals surface area contributed by atoms with Crippen LogP contribution in [0.5, 0.6) is 0 Å². The predicted molar refractivity (Wildman–Crippen MR) is 126 cm³/mol. The normalized spacial score (nSPS) is 27.6. The zero-order valence-electron chi connectivity index (χ0n) is 17.7. The highest BCUT2D eigenvalue weighted by molar-refractivity contribution is 7.80. The van der Waals surface area contributed by atoms with E-state index in [1.807, 2.05) is 0 Å². The molecule has 0 heterocycles. The molecule has 0 saturated heterocycles. The lowest BCUT2D eigenvalue weighted by Gasteiger charge is -2.55. The van der Waals surface area contributed by atoms with Crippen LogP contribution in [0, 0.1) is 29.0 Å². The van der Waals surface area contributed by atoms with Crippen LogP contribution in [0.2, 0.25) is 0 Å². The molecule has 4 aliphatic carbocycles. The summed E-state index contributed by atoms with van der Waals surface area (Å²) in [5.74, 6) is 1.42. The van der Waals surface area contributed by atoms with Crippen molar-refractivity contribution in [3.63, 3.8) is 0 Å². The Hall–Kier alpha value is -2.80. The van der Waals surface area contributed by atoms with E-state index in [9.17, 15) is 14.0 Å². The van der Waals surface area contributed by atoms with Gasteiger partial charge in [-0.2, -0.15) is 0 Å². The summed E-state index contributed by atoms with van der Waals surface area (Å²) in [6.45, 7) is 0. The number of halogens is 1. The summed E-state index contributed by atoms with van der Waals surface area (Å²) in [4.78, 5) is 25.7. The van der Waals surface area contributed by atoms with E-state index in [0.717, 1.165) is 19.3 Å². The Bertz CT molecular complexity index is 1030. The smallest absolute Gasteiger partial charge is 0.255 e. The average Bonchev–Trinajstić information content (AvgIpc) is 2.74. The number of carbonyl (C=O) groups excluding carboxylic acids is 2. The molecule has 2 amide bonds. The number of carbonyl (C=O) groups is 2. The Morgan fingerprint density at radius 3 is 2.12 bits per heavy atom. The number of hydrogen-bond donors (Lipinski definition) is 3. The number of hydrogen-bond acceptors (Lipinski definition) is 3. The van der Waals surface area contributed by atoms with Crippen molar-refractivity contribution >= 4 is 40.5 Å². The van der Waals surface area contributed by atoms with Crippen molar-refractivity contribution in [1.29, 1.82) is 0 Å². The van der Waals surface area contributed by atoms with Gasteiger partial charge in [0.2, 0.25) is 5.91 Å². The standard InChI is InChI=1S/C25H26FN3O2S/c26-19-4-6-20(7-5-19)27-22(30)18-2-1-3-21(11-18)28-24(32)29-23(31)25-12-15-8-16(13-25)10-17(9-15)14-25/h1-7,11,15-17H,8-10,12-14H2,(H,27,30)(H2,28,29,31,32). The molecule has 6 rings (SSSR count). The molecule has 0 spiro atoms. The minimum Gasteiger partial charge on any atom is -0.332 e. The number of nitrogens with one attached hydrogen (secondary N) is 3. The Kier molecular flexibility index (Phi) is 5.45. The first-order valence-electron chi connectivity index (χ1n) is 11.2. The average molecular weight is 452 g/mol. The molecule has 2 aromatic rings. The molecule has 0 radical (unpaired) electrons. The van der Waals surface area contributed by atoms with Crippen molar-refractivity contribution in [1.82, 2.24) is 5.32 Å². The SMILES string of the molecule is O=C(Nc1ccc(F)cc1)c1cccc(NC(=S)NC(=O)C23CC4CC(CC(C4)C2)C3)c1. The summed E-state index contributed by atoms with van der Waals surface area (Å²) >= 11 is 5.41. The number of rotatable bonds is 4. The monoisotopic (exact) mass is 451 g/mol. The van der Waals surface area contributed by atoms with Gasteiger partial charge < -0.3 is 16.0 Å². The van der Waals surface area contributed by atoms with Gasteiger partial charge in [-0.3, -0.25) is 9.59 Å². The number of anilines is 2. The highest BCUT2D eigenvalue weighted by atomic mass is 32.1. The van der Waals surface area contributed by atoms with E-state index < -0.39 is 0 Å². The molecule has 0 unspecified atom stereocenters. The summed E-state index contributed by atoms with van der Waals surface area (Å²) < 4.78 is 13.1. The second kappa shape index (κ2) is 8.28. The van der Waals surface area contributed by atoms with Crippen LogP contribution >= 0.6 is 12.2 Å². The van der Waals surface area contributed by atoms with E-state index in [-0.39, 0.29) is 28.2 Å². The van der Waals surface area contributed by atoms with Crippen molar-refractivity contribution in [2.24, 2.45) is 23.2 Å². The van der Waals surface area contributed by atoms with Gasteiger partial charge in [-0.25, -0.2) is 4.39 Å². The maximum absolute atomic E-state index is 13.2. The van der Waals surface area contributed by atoms with Gasteiger partial charge in [-0.1, -0.05) is 6.07 Å². The molecule has 0 aliphatic heterocycles. The van der Waals surface area contributed by atoms with Crippen molar-refractivity contribution in [2.75, 3.05) is 10.6 Å². The first-order chi connectivity index (χ1) is 15.4. The maximum atomic E-state index is 13.2. The van der Waals surface area contributed by atoms with Crippen LogP contribution in [0.4, 0.5) is 15.8 Å². The van der Waals surface area contributed by atoms with Crippen LogP contribution in [-0.2, 0) is 4.79 Å². The van der Waals surface area contributed by atoms with Crippen LogP contribution < -0.4 is 16.0 Å². The molecule has 3 N–H and O–H groups in total. The lowest BCUT2D eigenvalue weighted by Crippen LogP contribution is -2.55. The summed E-state index contributed by atoms with van der Waals surface area (Å²) in [6, 6.07) is 12.5. The second-order valence-electron chi connectivity index (χ2n) is 9.65. The molecule has 2 aromatic carbocycles. The molecule has 4 saturated carbocycles. The number of amides is 2. The summed E-state index contributed by atoms with van der Waals surface area (Å²) in [5, 5.41) is 8.95. The summed E-state index contributed by atoms with van der Waals surface area (Å²) in [5.41, 5.74) is 1.28. The highest BCUT2D eigenvalue weighted by Crippen LogP contribution is 2.60. The summed E-state index contributed by atoms with van der Waals surface area (Å²) in [7, 11) is 0. The lowest BCUT2D eigenvalue weighted by atomic mass is 9.49. The molecule has 7 heteroatoms. The molecule has 0 atom stereocenters. The molecular formula is C25H26FN3O2S. The molecule has 4 bridgehead atoms. The zero-order valence-corrected chi connectivity index (χ0v) is 18.5. The molecule has 166 valence electrons. The minimum atomic E-state index is -0.363. The van der Waals surface area contributed by atoms with E-state index >= 15 is 0 Å². The zero-order chi connectivity index (χ0) is 22.3. The Balaban J connectivity index is 1.21. The van der Waals surface area contributed by atoms with Gasteiger partial charge in [0, 0.05) is 16.9 Å². The largest absolute Gasteiger partial charge is 0.332 e. The van der Waals surface area contributed by atoms with Gasteiger partial charge in [0.15, 0.2) is 5.11 Å². The Morgan fingerprint density at radius 1 is 0.875 bits per heavy atom. The molecule has 0 aromatic heterocycles. The molecule has 4 fully saturated rings. The van der Waals surface area contributed by atoms with Crippen LogP contribution in [0.3, 0.4) is 0 Å². The van der Waals surface area contributed by atoms with E-state index in [2.05, 4.69) is 16.0 Å². The lowest BCUT2D eigenvalue weighted by molar-refractivity contribution is -0.144. The fraction of sp³-hybridized carbons (Fsp3) is 0.400. The second-order valence-corrected chi connectivity index (χ2v) is 10.1. The number of benzene rings is 2. The Labute approximate surface area is 192 Å². The van der Waals surface area contributed by atoms with Crippen LogP contribution in [0.25, 0.3) is 0 Å². The van der Waals surface area contributed by atoms with Crippen molar-refractivity contribution in [2.45, 2.75) is 38.5 Å². The maximum Gasteiger partial charge on any atom is 0.255 e. The number of thiocarbonyl (C=S) groups is 1. The van der Waals surface area contributed by atoms with Gasteiger partial charge >= 0.3 is 0 Å². The molecular weight excluding hydrogens is 425 g/mol. The van der Waals surface area contributed by atoms with Gasteiger partial charge in [-0.15, -0.1) is 0 Å². The molecule has 5 nitrogen and oxygen atoms in total. The van der Waals surface area contributed by atoms with E-state index in [0.29, 0.717) is 34.7 Å². The fourth-order valence-corrected chi connectivity index (χ4v) is 6.47. The van der Waals surface area contributed by atoms with Crippen molar-refractivity contribution in [3.05, 3.63) is 59.9 Å². The molecule has 32 heavy (non-hydrogen) atoms. The van der Waals surface area contributed by atoms with Gasteiger partial charge in [-0.05, 0) is 111 Å². The molecule has 4 aliphatic rings. The van der Waals surface area contributed by atoms with Gasteiger partial charge in [0.1, 0.15) is 5.82 Å². The van der Waals surface area contributed by atoms with E-state index in [1.165, 1.54) is 43.5 Å². The first kappa shape index (κ1) is 21.1. The van der Waals surface area contributed by atoms with Crippen LogP contribution in [0.1, 0.15) is 48.9 Å². The van der Waals surface area contributed by atoms with Crippen molar-refractivity contribution in [3.8, 4) is 0 Å². The predicted octanol–water partition coefficient (Wildman–Crippen LogP) is 5.11. The van der Waals surface area contributed by atoms with E-state index in [4.69, 9.17) is 12.2 Å². The third-order valence-corrected chi connectivity index (χ3v) is 7.44. The minimum absolute atomic E-state index is 0.0410. The third kappa shape index (κ3) is 4.26. The van der Waals surface area contributed by atoms with Crippen molar-refractivity contribution < 1.29 is 14.0 Å². The quantitative estimate of drug-likeness (QED) is 0.565. The highest BCUT2D eigenvalue weighted by Gasteiger charge is 2.54. The summed E-state index contributed by atoms with van der Waals surface area (Å²) in [6.07, 6.45) is 6.78. The fourth-order valence-electron chi connectivity index (χ4n) is 6.26. The van der Waals surface area contributed by atoms with Crippen LogP contribution in [-0.4, -0.2) is 16.9 Å². The van der Waals surface area contributed by atoms with Gasteiger partial charge in [0.25, 0.3) is 5.91 Å². The van der Waals surface area contributed by atoms with Crippen LogP contribution in [0.15, 0.2) is 48.5 Å². The topological polar surface area (TPSA) is 70.2 Å². The van der Waals surface area contributed by atoms with E-state index in [1.54, 1.807) is 24.3 Å².